The number of nitrogens with zero attached hydrogens (tertiary/aromatic N) is 1. The van der Waals surface area contributed by atoms with E-state index in [4.69, 9.17) is 5.11 Å². The first kappa shape index (κ1) is 12.9. The standard InChI is InChI=1S/C14H13N3O2/c18-9-2-1-4-11-5-3-6-12(10-11)16-14(19)13-7-8-15-17-13/h3,5-8,10,18H,2,9H2,(H,15,17)(H,16,19). The topological polar surface area (TPSA) is 78.0 Å². The van der Waals surface area contributed by atoms with Gasteiger partial charge in [-0.25, -0.2) is 0 Å². The third-order valence-corrected chi connectivity index (χ3v) is 2.34. The van der Waals surface area contributed by atoms with Crippen molar-refractivity contribution in [2.24, 2.45) is 0 Å². The number of hydrogen-bond donors (Lipinski definition) is 3. The lowest BCUT2D eigenvalue weighted by atomic mass is 10.2. The van der Waals surface area contributed by atoms with E-state index in [0.717, 1.165) is 5.56 Å². The van der Waals surface area contributed by atoms with Crippen molar-refractivity contribution >= 4 is 11.6 Å². The monoisotopic (exact) mass is 255 g/mol. The van der Waals surface area contributed by atoms with Crippen molar-refractivity contribution in [3.05, 3.63) is 47.8 Å². The van der Waals surface area contributed by atoms with Crippen LogP contribution in [-0.4, -0.2) is 27.8 Å². The van der Waals surface area contributed by atoms with Crippen LogP contribution in [0.3, 0.4) is 0 Å². The van der Waals surface area contributed by atoms with E-state index in [1.54, 1.807) is 18.2 Å². The summed E-state index contributed by atoms with van der Waals surface area (Å²) in [7, 11) is 0. The lowest BCUT2D eigenvalue weighted by molar-refractivity contribution is 0.102. The summed E-state index contributed by atoms with van der Waals surface area (Å²) in [5.74, 6) is 5.49. The Bertz CT molecular complexity index is 609. The largest absolute Gasteiger partial charge is 0.395 e. The smallest absolute Gasteiger partial charge is 0.273 e. The molecule has 3 N–H and O–H groups in total. The van der Waals surface area contributed by atoms with Crippen LogP contribution in [0, 0.1) is 11.8 Å². The first-order valence-electron chi connectivity index (χ1n) is 5.80. The van der Waals surface area contributed by atoms with Gasteiger partial charge in [-0.1, -0.05) is 17.9 Å². The number of benzene rings is 1. The van der Waals surface area contributed by atoms with Crippen LogP contribution < -0.4 is 5.32 Å². The SMILES string of the molecule is O=C(Nc1cccc(C#CCCO)c1)c1ccn[nH]1. The van der Waals surface area contributed by atoms with Gasteiger partial charge in [0.2, 0.25) is 0 Å². The Labute approximate surface area is 110 Å². The van der Waals surface area contributed by atoms with E-state index in [9.17, 15) is 4.79 Å². The van der Waals surface area contributed by atoms with Gasteiger partial charge >= 0.3 is 0 Å². The predicted octanol–water partition coefficient (Wildman–Crippen LogP) is 1.40. The van der Waals surface area contributed by atoms with Crippen molar-refractivity contribution in [1.82, 2.24) is 10.2 Å². The van der Waals surface area contributed by atoms with Crippen LogP contribution in [0.15, 0.2) is 36.5 Å². The number of nitrogens with one attached hydrogen (secondary N) is 2. The Hall–Kier alpha value is -2.58. The number of carbonyl (C=O) groups excluding carboxylic acids is 1. The highest BCUT2D eigenvalue weighted by atomic mass is 16.2. The zero-order valence-electron chi connectivity index (χ0n) is 10.2. The highest BCUT2D eigenvalue weighted by Crippen LogP contribution is 2.11. The van der Waals surface area contributed by atoms with Crippen molar-refractivity contribution in [2.45, 2.75) is 6.42 Å². The van der Waals surface area contributed by atoms with E-state index in [1.165, 1.54) is 6.20 Å². The van der Waals surface area contributed by atoms with Crippen molar-refractivity contribution < 1.29 is 9.90 Å². The normalized spacial score (nSPS) is 9.53. The van der Waals surface area contributed by atoms with Gasteiger partial charge < -0.3 is 10.4 Å². The molecule has 0 bridgehead atoms. The van der Waals surface area contributed by atoms with E-state index in [1.807, 2.05) is 12.1 Å². The molecule has 5 heteroatoms. The molecule has 0 saturated carbocycles. The molecule has 1 aromatic carbocycles. The van der Waals surface area contributed by atoms with E-state index >= 15 is 0 Å². The molecule has 0 aliphatic carbocycles. The average Bonchev–Trinajstić information content (AvgIpc) is 2.93. The fourth-order valence-corrected chi connectivity index (χ4v) is 1.48. The summed E-state index contributed by atoms with van der Waals surface area (Å²) >= 11 is 0. The van der Waals surface area contributed by atoms with Crippen LogP contribution in [0.4, 0.5) is 5.69 Å². The number of amides is 1. The summed E-state index contributed by atoms with van der Waals surface area (Å²) in [5.41, 5.74) is 1.85. The average molecular weight is 255 g/mol. The Morgan fingerprint density at radius 2 is 2.32 bits per heavy atom. The molecule has 1 amide bonds. The molecule has 0 fully saturated rings. The number of rotatable bonds is 3. The van der Waals surface area contributed by atoms with Crippen LogP contribution in [0.25, 0.3) is 0 Å². The molecule has 5 nitrogen and oxygen atoms in total. The van der Waals surface area contributed by atoms with Gasteiger partial charge in [-0.2, -0.15) is 5.10 Å². The number of aliphatic hydroxyl groups is 1. The molecule has 1 aromatic heterocycles. The van der Waals surface area contributed by atoms with Gasteiger partial charge in [-0.05, 0) is 24.3 Å². The zero-order chi connectivity index (χ0) is 13.5. The number of anilines is 1. The third-order valence-electron chi connectivity index (χ3n) is 2.34. The molecule has 2 rings (SSSR count). The minimum absolute atomic E-state index is 0.0449. The molecule has 0 saturated heterocycles. The lowest BCUT2D eigenvalue weighted by Gasteiger charge is -2.03. The lowest BCUT2D eigenvalue weighted by Crippen LogP contribution is -2.12. The third kappa shape index (κ3) is 3.69. The van der Waals surface area contributed by atoms with Gasteiger partial charge in [0.1, 0.15) is 5.69 Å². The highest BCUT2D eigenvalue weighted by molar-refractivity contribution is 6.02. The van der Waals surface area contributed by atoms with Gasteiger partial charge in [-0.15, -0.1) is 0 Å². The van der Waals surface area contributed by atoms with E-state index in [0.29, 0.717) is 17.8 Å². The van der Waals surface area contributed by atoms with E-state index in [-0.39, 0.29) is 12.5 Å². The Morgan fingerprint density at radius 1 is 1.42 bits per heavy atom. The summed E-state index contributed by atoms with van der Waals surface area (Å²) in [6.07, 6.45) is 1.95. The molecular formula is C14H13N3O2. The number of carbonyl (C=O) groups is 1. The summed E-state index contributed by atoms with van der Waals surface area (Å²) in [6.45, 7) is 0.0449. The molecule has 96 valence electrons. The molecule has 0 aliphatic heterocycles. The van der Waals surface area contributed by atoms with Crippen molar-refractivity contribution in [3.8, 4) is 11.8 Å². The second-order valence-corrected chi connectivity index (χ2v) is 3.78. The highest BCUT2D eigenvalue weighted by Gasteiger charge is 2.06. The van der Waals surface area contributed by atoms with Gasteiger partial charge in [0.15, 0.2) is 0 Å². The van der Waals surface area contributed by atoms with Crippen LogP contribution in [-0.2, 0) is 0 Å². The summed E-state index contributed by atoms with van der Waals surface area (Å²) in [6, 6.07) is 8.81. The maximum atomic E-state index is 11.8. The quantitative estimate of drug-likeness (QED) is 0.725. The second-order valence-electron chi connectivity index (χ2n) is 3.78. The van der Waals surface area contributed by atoms with Crippen molar-refractivity contribution in [2.75, 3.05) is 11.9 Å². The number of H-pyrrole nitrogens is 1. The minimum atomic E-state index is -0.252. The van der Waals surface area contributed by atoms with Crippen LogP contribution in [0.1, 0.15) is 22.5 Å². The van der Waals surface area contributed by atoms with Crippen LogP contribution >= 0.6 is 0 Å². The van der Waals surface area contributed by atoms with Crippen LogP contribution in [0.5, 0.6) is 0 Å². The molecule has 0 radical (unpaired) electrons. The minimum Gasteiger partial charge on any atom is -0.395 e. The number of aliphatic hydroxyl groups excluding tert-OH is 1. The van der Waals surface area contributed by atoms with Gasteiger partial charge in [0.25, 0.3) is 5.91 Å². The summed E-state index contributed by atoms with van der Waals surface area (Å²) in [4.78, 5) is 11.8. The number of aromatic amines is 1. The molecule has 0 spiro atoms. The van der Waals surface area contributed by atoms with Gasteiger partial charge in [0, 0.05) is 23.9 Å². The summed E-state index contributed by atoms with van der Waals surface area (Å²) < 4.78 is 0. The fraction of sp³-hybridized carbons (Fsp3) is 0.143. The molecule has 19 heavy (non-hydrogen) atoms. The molecule has 1 heterocycles. The number of hydrogen-bond acceptors (Lipinski definition) is 3. The fourth-order valence-electron chi connectivity index (χ4n) is 1.48. The van der Waals surface area contributed by atoms with Crippen molar-refractivity contribution in [1.29, 1.82) is 0 Å². The Morgan fingerprint density at radius 3 is 3.05 bits per heavy atom. The van der Waals surface area contributed by atoms with Gasteiger partial charge in [-0.3, -0.25) is 9.89 Å². The maximum Gasteiger partial charge on any atom is 0.273 e. The molecule has 0 unspecified atom stereocenters. The summed E-state index contributed by atoms with van der Waals surface area (Å²) in [5, 5.41) is 17.7. The first-order valence-corrected chi connectivity index (χ1v) is 5.80. The van der Waals surface area contributed by atoms with Crippen molar-refractivity contribution in [3.63, 3.8) is 0 Å². The Balaban J connectivity index is 2.07. The molecule has 2 aromatic rings. The van der Waals surface area contributed by atoms with Crippen LogP contribution in [0.2, 0.25) is 0 Å². The van der Waals surface area contributed by atoms with Gasteiger partial charge in [0.05, 0.1) is 6.61 Å². The van der Waals surface area contributed by atoms with E-state index < -0.39 is 0 Å². The number of aromatic nitrogens is 2. The molecule has 0 atom stereocenters. The Kier molecular flexibility index (Phi) is 4.32. The zero-order valence-corrected chi connectivity index (χ0v) is 10.2. The molecular weight excluding hydrogens is 242 g/mol. The first-order chi connectivity index (χ1) is 9.29. The second kappa shape index (κ2) is 6.38. The maximum absolute atomic E-state index is 11.8. The predicted molar refractivity (Wildman–Crippen MR) is 71.6 cm³/mol. The van der Waals surface area contributed by atoms with E-state index in [2.05, 4.69) is 27.4 Å². The molecule has 0 aliphatic rings.